The van der Waals surface area contributed by atoms with Crippen molar-refractivity contribution in [2.24, 2.45) is 4.99 Å². The first-order chi connectivity index (χ1) is 10.8. The van der Waals surface area contributed by atoms with Crippen LogP contribution in [0.2, 0.25) is 0 Å². The minimum absolute atomic E-state index is 0.618. The molecule has 0 saturated heterocycles. The van der Waals surface area contributed by atoms with Gasteiger partial charge in [-0.15, -0.1) is 0 Å². The first-order valence-corrected chi connectivity index (χ1v) is 8.47. The van der Waals surface area contributed by atoms with Gasteiger partial charge in [-0.05, 0) is 38.4 Å². The number of hydrogen-bond acceptors (Lipinski definition) is 2. The second-order valence-electron chi connectivity index (χ2n) is 6.20. The van der Waals surface area contributed by atoms with Crippen LogP contribution < -0.4 is 10.6 Å². The molecule has 0 unspecified atom stereocenters. The van der Waals surface area contributed by atoms with E-state index >= 15 is 0 Å². The Kier molecular flexibility index (Phi) is 7.23. The van der Waals surface area contributed by atoms with Gasteiger partial charge in [0, 0.05) is 26.2 Å². The van der Waals surface area contributed by atoms with Crippen molar-refractivity contribution in [1.82, 2.24) is 15.5 Å². The lowest BCUT2D eigenvalue weighted by Gasteiger charge is -2.19. The van der Waals surface area contributed by atoms with E-state index < -0.39 is 0 Å². The van der Waals surface area contributed by atoms with Crippen LogP contribution >= 0.6 is 0 Å². The van der Waals surface area contributed by atoms with Gasteiger partial charge in [-0.1, -0.05) is 43.2 Å². The van der Waals surface area contributed by atoms with Crippen LogP contribution in [0.1, 0.15) is 37.7 Å². The van der Waals surface area contributed by atoms with Crippen LogP contribution in [-0.2, 0) is 6.54 Å². The van der Waals surface area contributed by atoms with Gasteiger partial charge >= 0.3 is 0 Å². The molecule has 1 aliphatic rings. The number of guanidine groups is 1. The van der Waals surface area contributed by atoms with Crippen molar-refractivity contribution in [3.8, 4) is 0 Å². The number of rotatable bonds is 7. The zero-order chi connectivity index (χ0) is 15.6. The Bertz CT molecular complexity index is 438. The van der Waals surface area contributed by atoms with Crippen molar-refractivity contribution in [2.75, 3.05) is 27.2 Å². The first-order valence-electron chi connectivity index (χ1n) is 8.47. The van der Waals surface area contributed by atoms with Gasteiger partial charge in [0.25, 0.3) is 0 Å². The third kappa shape index (κ3) is 6.06. The summed E-state index contributed by atoms with van der Waals surface area (Å²) in [6.07, 6.45) is 6.37. The summed E-state index contributed by atoms with van der Waals surface area (Å²) in [5.41, 5.74) is 1.37. The summed E-state index contributed by atoms with van der Waals surface area (Å²) >= 11 is 0. The van der Waals surface area contributed by atoms with Gasteiger partial charge in [-0.2, -0.15) is 0 Å². The highest BCUT2D eigenvalue weighted by Gasteiger charge is 2.15. The van der Waals surface area contributed by atoms with Gasteiger partial charge in [0.1, 0.15) is 0 Å². The first kappa shape index (κ1) is 16.8. The van der Waals surface area contributed by atoms with E-state index in [1.807, 2.05) is 7.05 Å². The molecule has 122 valence electrons. The summed E-state index contributed by atoms with van der Waals surface area (Å²) in [4.78, 5) is 6.68. The molecular weight excluding hydrogens is 272 g/mol. The quantitative estimate of drug-likeness (QED) is 0.462. The number of nitrogens with zero attached hydrogens (tertiary/aromatic N) is 2. The van der Waals surface area contributed by atoms with E-state index in [4.69, 9.17) is 0 Å². The standard InChI is InChI=1S/C18H30N4/c1-19-18(21-17-11-6-7-12-17)20-13-8-14-22(2)15-16-9-4-3-5-10-16/h3-5,9-10,17H,6-8,11-15H2,1-2H3,(H2,19,20,21). The summed E-state index contributed by atoms with van der Waals surface area (Å²) in [5, 5.41) is 6.95. The molecule has 0 amide bonds. The second kappa shape index (κ2) is 9.46. The van der Waals surface area contributed by atoms with Crippen LogP contribution in [0.15, 0.2) is 35.3 Å². The van der Waals surface area contributed by atoms with E-state index in [0.29, 0.717) is 6.04 Å². The summed E-state index contributed by atoms with van der Waals surface area (Å²) in [6, 6.07) is 11.2. The molecule has 0 atom stereocenters. The van der Waals surface area contributed by atoms with Crippen LogP contribution in [0.4, 0.5) is 0 Å². The molecule has 1 aromatic carbocycles. The molecule has 0 aromatic heterocycles. The highest BCUT2D eigenvalue weighted by Crippen LogP contribution is 2.17. The Balaban J connectivity index is 1.59. The minimum Gasteiger partial charge on any atom is -0.356 e. The highest BCUT2D eigenvalue weighted by atomic mass is 15.2. The van der Waals surface area contributed by atoms with Gasteiger partial charge in [-0.25, -0.2) is 0 Å². The molecule has 0 heterocycles. The molecule has 1 aromatic rings. The Morgan fingerprint density at radius 1 is 1.23 bits per heavy atom. The van der Waals surface area contributed by atoms with Crippen LogP contribution in [0.3, 0.4) is 0 Å². The topological polar surface area (TPSA) is 39.7 Å². The molecule has 2 rings (SSSR count). The van der Waals surface area contributed by atoms with E-state index in [9.17, 15) is 0 Å². The Labute approximate surface area is 135 Å². The van der Waals surface area contributed by atoms with E-state index in [1.54, 1.807) is 0 Å². The number of nitrogens with one attached hydrogen (secondary N) is 2. The summed E-state index contributed by atoms with van der Waals surface area (Å²) < 4.78 is 0. The minimum atomic E-state index is 0.618. The lowest BCUT2D eigenvalue weighted by atomic mass is 10.2. The Hall–Kier alpha value is -1.55. The van der Waals surface area contributed by atoms with Gasteiger partial charge in [0.15, 0.2) is 5.96 Å². The van der Waals surface area contributed by atoms with Gasteiger partial charge in [0.2, 0.25) is 0 Å². The molecule has 1 saturated carbocycles. The zero-order valence-corrected chi connectivity index (χ0v) is 14.0. The van der Waals surface area contributed by atoms with Crippen molar-refractivity contribution in [3.63, 3.8) is 0 Å². The molecule has 0 spiro atoms. The van der Waals surface area contributed by atoms with Gasteiger partial charge in [-0.3, -0.25) is 4.99 Å². The molecular formula is C18H30N4. The third-order valence-corrected chi connectivity index (χ3v) is 4.22. The molecule has 0 radical (unpaired) electrons. The third-order valence-electron chi connectivity index (χ3n) is 4.22. The van der Waals surface area contributed by atoms with E-state index in [-0.39, 0.29) is 0 Å². The normalized spacial score (nSPS) is 16.2. The molecule has 22 heavy (non-hydrogen) atoms. The van der Waals surface area contributed by atoms with E-state index in [2.05, 4.69) is 57.9 Å². The largest absolute Gasteiger partial charge is 0.356 e. The van der Waals surface area contributed by atoms with Crippen LogP contribution in [-0.4, -0.2) is 44.1 Å². The summed E-state index contributed by atoms with van der Waals surface area (Å²) in [5.74, 6) is 0.956. The van der Waals surface area contributed by atoms with Crippen molar-refractivity contribution >= 4 is 5.96 Å². The molecule has 0 aliphatic heterocycles. The number of aliphatic imine (C=N–C) groups is 1. The fraction of sp³-hybridized carbons (Fsp3) is 0.611. The SMILES string of the molecule is CN=C(NCCCN(C)Cc1ccccc1)NC1CCCC1. The predicted octanol–water partition coefficient (Wildman–Crippen LogP) is 2.62. The van der Waals surface area contributed by atoms with Crippen molar-refractivity contribution in [2.45, 2.75) is 44.7 Å². The van der Waals surface area contributed by atoms with Gasteiger partial charge < -0.3 is 15.5 Å². The number of benzene rings is 1. The maximum absolute atomic E-state index is 4.32. The van der Waals surface area contributed by atoms with Crippen molar-refractivity contribution < 1.29 is 0 Å². The average molecular weight is 302 g/mol. The average Bonchev–Trinajstić information content (AvgIpc) is 3.04. The lowest BCUT2D eigenvalue weighted by molar-refractivity contribution is 0.322. The monoisotopic (exact) mass is 302 g/mol. The molecule has 4 nitrogen and oxygen atoms in total. The predicted molar refractivity (Wildman–Crippen MR) is 94.1 cm³/mol. The lowest BCUT2D eigenvalue weighted by Crippen LogP contribution is -2.43. The highest BCUT2D eigenvalue weighted by molar-refractivity contribution is 5.79. The van der Waals surface area contributed by atoms with Crippen LogP contribution in [0, 0.1) is 0 Å². The van der Waals surface area contributed by atoms with Crippen molar-refractivity contribution in [3.05, 3.63) is 35.9 Å². The Morgan fingerprint density at radius 3 is 2.64 bits per heavy atom. The van der Waals surface area contributed by atoms with Crippen LogP contribution in [0.25, 0.3) is 0 Å². The smallest absolute Gasteiger partial charge is 0.191 e. The van der Waals surface area contributed by atoms with E-state index in [1.165, 1.54) is 31.2 Å². The molecule has 1 aliphatic carbocycles. The van der Waals surface area contributed by atoms with Crippen molar-refractivity contribution in [1.29, 1.82) is 0 Å². The fourth-order valence-corrected chi connectivity index (χ4v) is 2.99. The summed E-state index contributed by atoms with van der Waals surface area (Å²) in [6.45, 7) is 3.06. The zero-order valence-electron chi connectivity index (χ0n) is 14.0. The molecule has 0 bridgehead atoms. The van der Waals surface area contributed by atoms with Gasteiger partial charge in [0.05, 0.1) is 0 Å². The molecule has 1 fully saturated rings. The molecule has 2 N–H and O–H groups in total. The van der Waals surface area contributed by atoms with Crippen LogP contribution in [0.5, 0.6) is 0 Å². The molecule has 4 heteroatoms. The number of hydrogen-bond donors (Lipinski definition) is 2. The Morgan fingerprint density at radius 2 is 1.95 bits per heavy atom. The maximum atomic E-state index is 4.32. The fourth-order valence-electron chi connectivity index (χ4n) is 2.99. The summed E-state index contributed by atoms with van der Waals surface area (Å²) in [7, 11) is 4.03. The maximum Gasteiger partial charge on any atom is 0.191 e. The van der Waals surface area contributed by atoms with E-state index in [0.717, 1.165) is 32.0 Å². The second-order valence-corrected chi connectivity index (χ2v) is 6.20.